The molecule has 4 nitrogen and oxygen atoms in total. The largest absolute Gasteiger partial charge is 0.496 e. The van der Waals surface area contributed by atoms with Gasteiger partial charge in [0.2, 0.25) is 5.54 Å². The van der Waals surface area contributed by atoms with E-state index in [4.69, 9.17) is 10.5 Å². The van der Waals surface area contributed by atoms with E-state index in [-0.39, 0.29) is 12.3 Å². The molecular weight excluding hydrogens is 357 g/mol. The van der Waals surface area contributed by atoms with Gasteiger partial charge in [0.05, 0.1) is 7.11 Å². The SMILES string of the molecule is COc1ccccc1C(N)(C(=O)NCC(C)(C)c1ccccc1)C(F)(F)F. The second-order valence-corrected chi connectivity index (χ2v) is 6.94. The Morgan fingerprint density at radius 2 is 1.59 bits per heavy atom. The molecule has 0 aromatic heterocycles. The molecule has 0 aliphatic rings. The number of ether oxygens (including phenoxy) is 1. The minimum atomic E-state index is -5.01. The summed E-state index contributed by atoms with van der Waals surface area (Å²) < 4.78 is 46.6. The molecule has 0 radical (unpaired) electrons. The fourth-order valence-corrected chi connectivity index (χ4v) is 2.81. The summed E-state index contributed by atoms with van der Waals surface area (Å²) in [4.78, 5) is 12.6. The second-order valence-electron chi connectivity index (χ2n) is 6.94. The highest BCUT2D eigenvalue weighted by Gasteiger charge is 2.60. The van der Waals surface area contributed by atoms with Crippen LogP contribution in [0.15, 0.2) is 54.6 Å². The minimum Gasteiger partial charge on any atom is -0.496 e. The molecule has 3 N–H and O–H groups in total. The molecule has 0 saturated heterocycles. The van der Waals surface area contributed by atoms with Gasteiger partial charge in [0.25, 0.3) is 5.91 Å². The van der Waals surface area contributed by atoms with Crippen LogP contribution in [0.5, 0.6) is 5.75 Å². The van der Waals surface area contributed by atoms with Crippen LogP contribution >= 0.6 is 0 Å². The van der Waals surface area contributed by atoms with E-state index in [9.17, 15) is 18.0 Å². The van der Waals surface area contributed by atoms with Gasteiger partial charge in [-0.05, 0) is 11.6 Å². The van der Waals surface area contributed by atoms with Crippen molar-refractivity contribution in [3.8, 4) is 5.75 Å². The van der Waals surface area contributed by atoms with E-state index in [1.807, 2.05) is 44.2 Å². The van der Waals surface area contributed by atoms with E-state index in [1.165, 1.54) is 25.3 Å². The number of carbonyl (C=O) groups is 1. The van der Waals surface area contributed by atoms with E-state index in [2.05, 4.69) is 5.32 Å². The molecule has 1 atom stereocenters. The standard InChI is InChI=1S/C20H23F3N2O2/c1-18(2,14-9-5-4-6-10-14)13-25-17(26)19(24,20(21,22)23)15-11-7-8-12-16(15)27-3/h4-12H,13,24H2,1-3H3,(H,25,26). The van der Waals surface area contributed by atoms with Crippen molar-refractivity contribution >= 4 is 5.91 Å². The summed E-state index contributed by atoms with van der Waals surface area (Å²) in [7, 11) is 1.23. The average molecular weight is 380 g/mol. The van der Waals surface area contributed by atoms with Gasteiger partial charge in [0.15, 0.2) is 0 Å². The van der Waals surface area contributed by atoms with Crippen LogP contribution in [0.4, 0.5) is 13.2 Å². The van der Waals surface area contributed by atoms with Gasteiger partial charge in [-0.2, -0.15) is 13.2 Å². The van der Waals surface area contributed by atoms with Crippen LogP contribution in [0, 0.1) is 0 Å². The number of benzene rings is 2. The number of rotatable bonds is 6. The van der Waals surface area contributed by atoms with Gasteiger partial charge >= 0.3 is 6.18 Å². The molecule has 0 aliphatic carbocycles. The maximum atomic E-state index is 13.9. The summed E-state index contributed by atoms with van der Waals surface area (Å²) in [5.41, 5.74) is 2.31. The first-order chi connectivity index (χ1) is 12.5. The first-order valence-corrected chi connectivity index (χ1v) is 8.37. The molecule has 2 aromatic carbocycles. The third-order valence-corrected chi connectivity index (χ3v) is 4.58. The zero-order chi connectivity index (χ0) is 20.3. The Bertz CT molecular complexity index is 791. The zero-order valence-electron chi connectivity index (χ0n) is 15.4. The van der Waals surface area contributed by atoms with Gasteiger partial charge in [-0.3, -0.25) is 4.79 Å². The summed E-state index contributed by atoms with van der Waals surface area (Å²) in [6.45, 7) is 3.65. The Labute approximate surface area is 156 Å². The van der Waals surface area contributed by atoms with Crippen LogP contribution in [-0.2, 0) is 15.7 Å². The molecule has 0 heterocycles. The van der Waals surface area contributed by atoms with Gasteiger partial charge in [-0.15, -0.1) is 0 Å². The van der Waals surface area contributed by atoms with Crippen LogP contribution in [-0.4, -0.2) is 25.7 Å². The first kappa shape index (κ1) is 20.8. The lowest BCUT2D eigenvalue weighted by Gasteiger charge is -2.34. The number of para-hydroxylation sites is 1. The Kier molecular flexibility index (Phi) is 5.85. The number of hydrogen-bond acceptors (Lipinski definition) is 3. The average Bonchev–Trinajstić information content (AvgIpc) is 2.65. The number of hydrogen-bond donors (Lipinski definition) is 2. The topological polar surface area (TPSA) is 64.3 Å². The van der Waals surface area contributed by atoms with Crippen LogP contribution in [0.25, 0.3) is 0 Å². The number of alkyl halides is 3. The van der Waals surface area contributed by atoms with Crippen molar-refractivity contribution < 1.29 is 22.7 Å². The molecule has 0 aliphatic heterocycles. The number of carbonyl (C=O) groups excluding carboxylic acids is 1. The fourth-order valence-electron chi connectivity index (χ4n) is 2.81. The van der Waals surface area contributed by atoms with Gasteiger partial charge < -0.3 is 15.8 Å². The smallest absolute Gasteiger partial charge is 0.419 e. The Hall–Kier alpha value is -2.54. The molecular formula is C20H23F3N2O2. The monoisotopic (exact) mass is 380 g/mol. The molecule has 1 unspecified atom stereocenters. The second kappa shape index (κ2) is 7.60. The molecule has 1 amide bonds. The summed E-state index contributed by atoms with van der Waals surface area (Å²) in [5, 5.41) is 2.38. The van der Waals surface area contributed by atoms with Gasteiger partial charge in [-0.25, -0.2) is 0 Å². The number of methoxy groups -OCH3 is 1. The first-order valence-electron chi connectivity index (χ1n) is 8.37. The lowest BCUT2D eigenvalue weighted by Crippen LogP contribution is -2.61. The lowest BCUT2D eigenvalue weighted by molar-refractivity contribution is -0.194. The molecule has 146 valence electrons. The lowest BCUT2D eigenvalue weighted by atomic mass is 9.83. The molecule has 7 heteroatoms. The van der Waals surface area contributed by atoms with E-state index in [1.54, 1.807) is 0 Å². The molecule has 0 fully saturated rings. The van der Waals surface area contributed by atoms with Crippen LogP contribution in [0.1, 0.15) is 25.0 Å². The van der Waals surface area contributed by atoms with Gasteiger partial charge in [0, 0.05) is 17.5 Å². The molecule has 0 bridgehead atoms. The van der Waals surface area contributed by atoms with E-state index in [0.29, 0.717) is 0 Å². The predicted octanol–water partition coefficient (Wildman–Crippen LogP) is 3.51. The van der Waals surface area contributed by atoms with Crippen molar-refractivity contribution in [3.63, 3.8) is 0 Å². The number of halogens is 3. The maximum Gasteiger partial charge on any atom is 0.419 e. The quantitative estimate of drug-likeness (QED) is 0.806. The summed E-state index contributed by atoms with van der Waals surface area (Å²) in [6.07, 6.45) is -5.01. The fraction of sp³-hybridized carbons (Fsp3) is 0.350. The predicted molar refractivity (Wildman–Crippen MR) is 97.4 cm³/mol. The van der Waals surface area contributed by atoms with Crippen LogP contribution in [0.3, 0.4) is 0 Å². The minimum absolute atomic E-state index is 0.0139. The van der Waals surface area contributed by atoms with Crippen molar-refractivity contribution in [3.05, 3.63) is 65.7 Å². The highest BCUT2D eigenvalue weighted by Crippen LogP contribution is 2.41. The summed E-state index contributed by atoms with van der Waals surface area (Å²) >= 11 is 0. The number of nitrogens with two attached hydrogens (primary N) is 1. The third kappa shape index (κ3) is 4.08. The maximum absolute atomic E-state index is 13.9. The Morgan fingerprint density at radius 3 is 2.15 bits per heavy atom. The Balaban J connectivity index is 2.34. The molecule has 2 rings (SSSR count). The number of amides is 1. The van der Waals surface area contributed by atoms with Crippen LogP contribution in [0.2, 0.25) is 0 Å². The van der Waals surface area contributed by atoms with Crippen molar-refractivity contribution in [1.29, 1.82) is 0 Å². The molecule has 0 spiro atoms. The normalized spacial score (nSPS) is 14.3. The zero-order valence-corrected chi connectivity index (χ0v) is 15.4. The summed E-state index contributed by atoms with van der Waals surface area (Å²) in [5.74, 6) is -1.43. The molecule has 0 saturated carbocycles. The van der Waals surface area contributed by atoms with Crippen LogP contribution < -0.4 is 15.8 Å². The van der Waals surface area contributed by atoms with E-state index >= 15 is 0 Å². The highest BCUT2D eigenvalue weighted by molar-refractivity contribution is 5.89. The van der Waals surface area contributed by atoms with Crippen molar-refractivity contribution in [1.82, 2.24) is 5.32 Å². The van der Waals surface area contributed by atoms with Crippen molar-refractivity contribution in [2.24, 2.45) is 5.73 Å². The van der Waals surface area contributed by atoms with Gasteiger partial charge in [0.1, 0.15) is 5.75 Å². The Morgan fingerprint density at radius 1 is 1.04 bits per heavy atom. The summed E-state index contributed by atoms with van der Waals surface area (Å²) in [6, 6.07) is 14.6. The molecule has 27 heavy (non-hydrogen) atoms. The van der Waals surface area contributed by atoms with E-state index in [0.717, 1.165) is 11.6 Å². The highest BCUT2D eigenvalue weighted by atomic mass is 19.4. The van der Waals surface area contributed by atoms with E-state index < -0.39 is 28.6 Å². The molecule has 2 aromatic rings. The third-order valence-electron chi connectivity index (χ3n) is 4.58. The number of nitrogens with one attached hydrogen (secondary N) is 1. The van der Waals surface area contributed by atoms with Crippen molar-refractivity contribution in [2.45, 2.75) is 31.0 Å². The van der Waals surface area contributed by atoms with Crippen molar-refractivity contribution in [2.75, 3.05) is 13.7 Å². The van der Waals surface area contributed by atoms with Gasteiger partial charge in [-0.1, -0.05) is 62.4 Å².